The number of anilines is 1. The number of hydrogen-bond acceptors (Lipinski definition) is 6. The van der Waals surface area contributed by atoms with E-state index in [-0.39, 0.29) is 28.8 Å². The molecule has 2 aromatic carbocycles. The lowest BCUT2D eigenvalue weighted by Gasteiger charge is -2.07. The van der Waals surface area contributed by atoms with Crippen molar-refractivity contribution in [3.63, 3.8) is 0 Å². The molecule has 0 saturated heterocycles. The molecule has 12 heteroatoms. The van der Waals surface area contributed by atoms with Crippen LogP contribution in [0, 0.1) is 10.1 Å². The smallest absolute Gasteiger partial charge is 0.292 e. The van der Waals surface area contributed by atoms with E-state index in [1.165, 1.54) is 24.3 Å². The summed E-state index contributed by atoms with van der Waals surface area (Å²) < 4.78 is 12.6. The number of carbonyl (C=O) groups is 1. The van der Waals surface area contributed by atoms with Crippen molar-refractivity contribution in [2.45, 2.75) is 13.2 Å². The number of benzene rings is 2. The second kappa shape index (κ2) is 10.2. The van der Waals surface area contributed by atoms with Crippen LogP contribution in [0.25, 0.3) is 0 Å². The maximum Gasteiger partial charge on any atom is 0.292 e. The van der Waals surface area contributed by atoms with Gasteiger partial charge in [-0.05, 0) is 30.3 Å². The van der Waals surface area contributed by atoms with Crippen molar-refractivity contribution in [1.29, 1.82) is 0 Å². The highest BCUT2D eigenvalue weighted by Crippen LogP contribution is 2.30. The minimum atomic E-state index is -0.553. The molecule has 0 saturated carbocycles. The maximum absolute atomic E-state index is 12.5. The highest BCUT2D eigenvalue weighted by atomic mass is 35.5. The molecule has 0 radical (unpaired) electrons. The summed E-state index contributed by atoms with van der Waals surface area (Å²) in [7, 11) is 0. The van der Waals surface area contributed by atoms with Crippen LogP contribution in [0.2, 0.25) is 15.1 Å². The van der Waals surface area contributed by atoms with Gasteiger partial charge in [-0.15, -0.1) is 0 Å². The highest BCUT2D eigenvalue weighted by Gasteiger charge is 2.15. The second-order valence-electron chi connectivity index (χ2n) is 6.98. The van der Waals surface area contributed by atoms with Crippen LogP contribution in [0.5, 0.6) is 5.75 Å². The lowest BCUT2D eigenvalue weighted by Crippen LogP contribution is -2.12. The molecule has 34 heavy (non-hydrogen) atoms. The van der Waals surface area contributed by atoms with E-state index >= 15 is 0 Å². The van der Waals surface area contributed by atoms with E-state index in [4.69, 9.17) is 44.0 Å². The number of nitro benzene ring substituents is 1. The van der Waals surface area contributed by atoms with Crippen LogP contribution in [0.1, 0.15) is 21.9 Å². The summed E-state index contributed by atoms with van der Waals surface area (Å²) in [5.74, 6) is 0.285. The van der Waals surface area contributed by atoms with Crippen LogP contribution in [0.4, 0.5) is 11.5 Å². The Labute approximate surface area is 207 Å². The van der Waals surface area contributed by atoms with Crippen molar-refractivity contribution in [1.82, 2.24) is 9.78 Å². The number of furan rings is 1. The van der Waals surface area contributed by atoms with Gasteiger partial charge in [0.15, 0.2) is 11.6 Å². The van der Waals surface area contributed by atoms with E-state index in [0.717, 1.165) is 0 Å². The Hall–Kier alpha value is -3.53. The van der Waals surface area contributed by atoms with Crippen LogP contribution >= 0.6 is 34.8 Å². The number of halogens is 3. The van der Waals surface area contributed by atoms with Gasteiger partial charge in [-0.25, -0.2) is 0 Å². The van der Waals surface area contributed by atoms with Crippen molar-refractivity contribution >= 4 is 52.2 Å². The molecular formula is C22H15Cl3N4O5. The molecule has 174 valence electrons. The fraction of sp³-hybridized carbons (Fsp3) is 0.0909. The molecule has 0 aliphatic rings. The number of rotatable bonds is 8. The Kier molecular flexibility index (Phi) is 7.06. The zero-order valence-corrected chi connectivity index (χ0v) is 19.5. The van der Waals surface area contributed by atoms with E-state index in [1.54, 1.807) is 41.2 Å². The van der Waals surface area contributed by atoms with Gasteiger partial charge in [-0.2, -0.15) is 5.10 Å². The minimum absolute atomic E-state index is 0.0347. The SMILES string of the molecule is O=C(Nc1ccn(Cc2c(Cl)cccc2Cl)n1)c1ccc(COc2cc([N+](=O)[O-])ccc2Cl)o1. The third-order valence-corrected chi connectivity index (χ3v) is 5.67. The number of carbonyl (C=O) groups excluding carboxylic acids is 1. The van der Waals surface area contributed by atoms with Crippen molar-refractivity contribution < 1.29 is 18.9 Å². The number of aromatic nitrogens is 2. The van der Waals surface area contributed by atoms with E-state index in [0.29, 0.717) is 33.7 Å². The monoisotopic (exact) mass is 520 g/mol. The van der Waals surface area contributed by atoms with E-state index < -0.39 is 10.8 Å². The van der Waals surface area contributed by atoms with Gasteiger partial charge >= 0.3 is 0 Å². The summed E-state index contributed by atoms with van der Waals surface area (Å²) in [4.78, 5) is 22.9. The van der Waals surface area contributed by atoms with Crippen LogP contribution < -0.4 is 10.1 Å². The molecule has 0 unspecified atom stereocenters. The number of nitro groups is 1. The molecule has 9 nitrogen and oxygen atoms in total. The topological polar surface area (TPSA) is 112 Å². The van der Waals surface area contributed by atoms with E-state index in [2.05, 4.69) is 10.4 Å². The standard InChI is InChI=1S/C22H15Cl3N4O5/c23-16-2-1-3-17(24)15(16)11-28-9-8-21(27-28)26-22(30)19-7-5-14(34-19)12-33-20-10-13(29(31)32)4-6-18(20)25/h1-10H,11-12H2,(H,26,27,30). The summed E-state index contributed by atoms with van der Waals surface area (Å²) in [6.45, 7) is 0.248. The molecule has 1 N–H and O–H groups in total. The maximum atomic E-state index is 12.5. The summed E-state index contributed by atoms with van der Waals surface area (Å²) in [6, 6.07) is 13.7. The largest absolute Gasteiger partial charge is 0.484 e. The minimum Gasteiger partial charge on any atom is -0.484 e. The predicted molar refractivity (Wildman–Crippen MR) is 127 cm³/mol. The molecule has 0 spiro atoms. The third kappa shape index (κ3) is 5.51. The first kappa shape index (κ1) is 23.6. The summed E-state index contributed by atoms with van der Waals surface area (Å²) in [6.07, 6.45) is 1.68. The summed E-state index contributed by atoms with van der Waals surface area (Å²) in [5.41, 5.74) is 0.557. The molecule has 0 aliphatic carbocycles. The highest BCUT2D eigenvalue weighted by molar-refractivity contribution is 6.36. The molecule has 4 aromatic rings. The number of ether oxygens (including phenoxy) is 1. The van der Waals surface area contributed by atoms with Gasteiger partial charge in [-0.3, -0.25) is 19.6 Å². The molecule has 0 atom stereocenters. The molecular weight excluding hydrogens is 507 g/mol. The zero-order valence-electron chi connectivity index (χ0n) is 17.2. The molecule has 2 heterocycles. The fourth-order valence-corrected chi connectivity index (χ4v) is 3.67. The number of nitrogens with one attached hydrogen (secondary N) is 1. The summed E-state index contributed by atoms with van der Waals surface area (Å²) in [5, 5.41) is 19.1. The molecule has 0 bridgehead atoms. The molecule has 2 aromatic heterocycles. The van der Waals surface area contributed by atoms with Crippen LogP contribution in [-0.4, -0.2) is 20.6 Å². The van der Waals surface area contributed by atoms with Crippen molar-refractivity contribution in [2.75, 3.05) is 5.32 Å². The number of nitrogens with zero attached hydrogens (tertiary/aromatic N) is 3. The Morgan fingerprint density at radius 3 is 2.59 bits per heavy atom. The van der Waals surface area contributed by atoms with Crippen molar-refractivity contribution in [3.8, 4) is 5.75 Å². The lowest BCUT2D eigenvalue weighted by molar-refractivity contribution is -0.384. The Balaban J connectivity index is 1.37. The molecule has 4 rings (SSSR count). The fourth-order valence-electron chi connectivity index (χ4n) is 2.98. The van der Waals surface area contributed by atoms with Gasteiger partial charge in [0.1, 0.15) is 18.1 Å². The lowest BCUT2D eigenvalue weighted by atomic mass is 10.2. The summed E-state index contributed by atoms with van der Waals surface area (Å²) >= 11 is 18.4. The Bertz CT molecular complexity index is 1350. The molecule has 0 fully saturated rings. The normalized spacial score (nSPS) is 10.8. The second-order valence-corrected chi connectivity index (χ2v) is 8.20. The van der Waals surface area contributed by atoms with E-state index in [1.807, 2.05) is 0 Å². The van der Waals surface area contributed by atoms with Crippen molar-refractivity contribution in [3.05, 3.63) is 103 Å². The first-order valence-electron chi connectivity index (χ1n) is 9.73. The van der Waals surface area contributed by atoms with Gasteiger partial charge < -0.3 is 14.5 Å². The Morgan fingerprint density at radius 2 is 1.85 bits per heavy atom. The van der Waals surface area contributed by atoms with Crippen molar-refractivity contribution in [2.24, 2.45) is 0 Å². The molecule has 0 aliphatic heterocycles. The van der Waals surface area contributed by atoms with Crippen LogP contribution in [0.3, 0.4) is 0 Å². The first-order chi connectivity index (χ1) is 16.3. The van der Waals surface area contributed by atoms with Gasteiger partial charge in [-0.1, -0.05) is 40.9 Å². The Morgan fingerprint density at radius 1 is 1.09 bits per heavy atom. The average molecular weight is 522 g/mol. The first-order valence-corrected chi connectivity index (χ1v) is 10.9. The van der Waals surface area contributed by atoms with Gasteiger partial charge in [0, 0.05) is 33.9 Å². The number of hydrogen-bond donors (Lipinski definition) is 1. The average Bonchev–Trinajstić information content (AvgIpc) is 3.45. The predicted octanol–water partition coefficient (Wildman–Crippen LogP) is 6.22. The molecule has 1 amide bonds. The van der Waals surface area contributed by atoms with Gasteiger partial charge in [0.2, 0.25) is 0 Å². The zero-order chi connectivity index (χ0) is 24.2. The van der Waals surface area contributed by atoms with Crippen LogP contribution in [-0.2, 0) is 13.2 Å². The van der Waals surface area contributed by atoms with Gasteiger partial charge in [0.05, 0.1) is 22.6 Å². The van der Waals surface area contributed by atoms with Crippen LogP contribution in [0.15, 0.2) is 65.2 Å². The third-order valence-electron chi connectivity index (χ3n) is 4.65. The number of amides is 1. The number of non-ortho nitro benzene ring substituents is 1. The van der Waals surface area contributed by atoms with E-state index in [9.17, 15) is 14.9 Å². The van der Waals surface area contributed by atoms with Gasteiger partial charge in [0.25, 0.3) is 11.6 Å². The quantitative estimate of drug-likeness (QED) is 0.217.